The van der Waals surface area contributed by atoms with Crippen LogP contribution in [0.4, 0.5) is 5.69 Å². The Morgan fingerprint density at radius 1 is 1.21 bits per heavy atom. The summed E-state index contributed by atoms with van der Waals surface area (Å²) < 4.78 is 0.662. The zero-order valence-corrected chi connectivity index (χ0v) is 11.2. The highest BCUT2D eigenvalue weighted by Gasteiger charge is 2.11. The number of nitrogens with one attached hydrogen (secondary N) is 1. The molecule has 0 saturated carbocycles. The molecule has 0 atom stereocenters. The fraction of sp³-hybridized carbons (Fsp3) is 0. The molecule has 96 valence electrons. The highest BCUT2D eigenvalue weighted by molar-refractivity contribution is 9.10. The van der Waals surface area contributed by atoms with Crippen LogP contribution in [-0.2, 0) is 0 Å². The van der Waals surface area contributed by atoms with Gasteiger partial charge in [0.25, 0.3) is 5.91 Å². The number of pyridine rings is 1. The molecule has 0 unspecified atom stereocenters. The molecule has 2 rings (SSSR count). The maximum atomic E-state index is 12.0. The van der Waals surface area contributed by atoms with Crippen LogP contribution >= 0.6 is 15.9 Å². The number of halogens is 1. The second kappa shape index (κ2) is 5.62. The van der Waals surface area contributed by atoms with Crippen molar-refractivity contribution in [3.63, 3.8) is 0 Å². The van der Waals surface area contributed by atoms with Gasteiger partial charge in [0.1, 0.15) is 0 Å². The van der Waals surface area contributed by atoms with Gasteiger partial charge in [-0.1, -0.05) is 12.1 Å². The number of hydrogen-bond donors (Lipinski definition) is 2. The first-order chi connectivity index (χ1) is 9.08. The van der Waals surface area contributed by atoms with E-state index in [1.54, 1.807) is 24.3 Å². The zero-order chi connectivity index (χ0) is 13.8. The van der Waals surface area contributed by atoms with Crippen molar-refractivity contribution in [2.75, 3.05) is 5.32 Å². The third-order valence-corrected chi connectivity index (χ3v) is 3.05. The third kappa shape index (κ3) is 3.17. The lowest BCUT2D eigenvalue weighted by atomic mass is 10.2. The number of benzene rings is 1. The van der Waals surface area contributed by atoms with Gasteiger partial charge in [-0.05, 0) is 34.1 Å². The predicted octanol–water partition coefficient (Wildman–Crippen LogP) is 2.79. The molecular weight excluding hydrogens is 312 g/mol. The number of carbonyl (C=O) groups is 2. The van der Waals surface area contributed by atoms with Crippen LogP contribution in [0.2, 0.25) is 0 Å². The fourth-order valence-corrected chi connectivity index (χ4v) is 1.93. The first-order valence-electron chi connectivity index (χ1n) is 5.32. The van der Waals surface area contributed by atoms with E-state index in [4.69, 9.17) is 5.11 Å². The molecule has 2 N–H and O–H groups in total. The molecule has 0 saturated heterocycles. The molecule has 1 heterocycles. The number of carboxylic acids is 1. The van der Waals surface area contributed by atoms with E-state index < -0.39 is 5.97 Å². The SMILES string of the molecule is O=C(O)c1cncc(NC(=O)c2ccccc2Br)c1. The van der Waals surface area contributed by atoms with Gasteiger partial charge in [-0.3, -0.25) is 9.78 Å². The molecule has 0 aliphatic carbocycles. The van der Waals surface area contributed by atoms with Gasteiger partial charge in [0.15, 0.2) is 0 Å². The standard InChI is InChI=1S/C13H9BrN2O3/c14-11-4-2-1-3-10(11)12(17)16-9-5-8(13(18)19)6-15-7-9/h1-7H,(H,16,17)(H,18,19). The van der Waals surface area contributed by atoms with Crippen molar-refractivity contribution < 1.29 is 14.7 Å². The highest BCUT2D eigenvalue weighted by atomic mass is 79.9. The molecule has 0 aliphatic heterocycles. The monoisotopic (exact) mass is 320 g/mol. The first kappa shape index (κ1) is 13.2. The van der Waals surface area contributed by atoms with Gasteiger partial charge in [0, 0.05) is 10.7 Å². The minimum Gasteiger partial charge on any atom is -0.478 e. The first-order valence-corrected chi connectivity index (χ1v) is 6.11. The Hall–Kier alpha value is -2.21. The Kier molecular flexibility index (Phi) is 3.91. The van der Waals surface area contributed by atoms with E-state index in [1.165, 1.54) is 18.5 Å². The van der Waals surface area contributed by atoms with E-state index in [-0.39, 0.29) is 11.5 Å². The Bertz CT molecular complexity index is 643. The van der Waals surface area contributed by atoms with Crippen LogP contribution in [0.3, 0.4) is 0 Å². The number of amides is 1. The van der Waals surface area contributed by atoms with Crippen molar-refractivity contribution in [1.29, 1.82) is 0 Å². The Balaban J connectivity index is 2.22. The summed E-state index contributed by atoms with van der Waals surface area (Å²) in [5, 5.41) is 11.4. The minimum atomic E-state index is -1.09. The summed E-state index contributed by atoms with van der Waals surface area (Å²) in [6.45, 7) is 0. The lowest BCUT2D eigenvalue weighted by Gasteiger charge is -2.06. The summed E-state index contributed by atoms with van der Waals surface area (Å²) in [6, 6.07) is 8.30. The molecule has 1 amide bonds. The van der Waals surface area contributed by atoms with E-state index in [0.717, 1.165) is 0 Å². The summed E-state index contributed by atoms with van der Waals surface area (Å²) in [5.74, 6) is -1.43. The highest BCUT2D eigenvalue weighted by Crippen LogP contribution is 2.18. The summed E-state index contributed by atoms with van der Waals surface area (Å²) in [6.07, 6.45) is 2.61. The normalized spacial score (nSPS) is 9.95. The Labute approximate surface area is 117 Å². The van der Waals surface area contributed by atoms with Crippen molar-refractivity contribution in [2.24, 2.45) is 0 Å². The smallest absolute Gasteiger partial charge is 0.337 e. The lowest BCUT2D eigenvalue weighted by Crippen LogP contribution is -2.13. The topological polar surface area (TPSA) is 79.3 Å². The second-order valence-electron chi connectivity index (χ2n) is 3.70. The predicted molar refractivity (Wildman–Crippen MR) is 73.3 cm³/mol. The van der Waals surface area contributed by atoms with E-state index >= 15 is 0 Å². The summed E-state index contributed by atoms with van der Waals surface area (Å²) in [4.78, 5) is 26.6. The van der Waals surface area contributed by atoms with Gasteiger partial charge >= 0.3 is 5.97 Å². The number of rotatable bonds is 3. The summed E-state index contributed by atoms with van der Waals surface area (Å²) in [5.41, 5.74) is 0.814. The van der Waals surface area contributed by atoms with E-state index in [0.29, 0.717) is 15.7 Å². The van der Waals surface area contributed by atoms with Crippen molar-refractivity contribution in [1.82, 2.24) is 4.98 Å². The van der Waals surface area contributed by atoms with Crippen molar-refractivity contribution in [3.8, 4) is 0 Å². The maximum Gasteiger partial charge on any atom is 0.337 e. The van der Waals surface area contributed by atoms with Crippen LogP contribution in [0.15, 0.2) is 47.2 Å². The Morgan fingerprint density at radius 2 is 1.95 bits per heavy atom. The molecule has 0 spiro atoms. The maximum absolute atomic E-state index is 12.0. The van der Waals surface area contributed by atoms with E-state index in [1.807, 2.05) is 0 Å². The average Bonchev–Trinajstić information content (AvgIpc) is 2.39. The van der Waals surface area contributed by atoms with Gasteiger partial charge in [-0.25, -0.2) is 4.79 Å². The van der Waals surface area contributed by atoms with Gasteiger partial charge in [0.05, 0.1) is 23.0 Å². The molecular formula is C13H9BrN2O3. The molecule has 6 heteroatoms. The molecule has 0 bridgehead atoms. The number of anilines is 1. The van der Waals surface area contributed by atoms with E-state index in [9.17, 15) is 9.59 Å². The van der Waals surface area contributed by atoms with Gasteiger partial charge in [-0.2, -0.15) is 0 Å². The van der Waals surface area contributed by atoms with Gasteiger partial charge in [0.2, 0.25) is 0 Å². The van der Waals surface area contributed by atoms with Crippen LogP contribution < -0.4 is 5.32 Å². The van der Waals surface area contributed by atoms with Crippen LogP contribution in [-0.4, -0.2) is 22.0 Å². The van der Waals surface area contributed by atoms with Crippen LogP contribution in [0.1, 0.15) is 20.7 Å². The molecule has 5 nitrogen and oxygen atoms in total. The molecule has 0 aliphatic rings. The van der Waals surface area contributed by atoms with Gasteiger partial charge in [-0.15, -0.1) is 0 Å². The number of carboxylic acid groups (broad SMARTS) is 1. The third-order valence-electron chi connectivity index (χ3n) is 2.36. The van der Waals surface area contributed by atoms with Crippen LogP contribution in [0.5, 0.6) is 0 Å². The molecule has 0 radical (unpaired) electrons. The largest absolute Gasteiger partial charge is 0.478 e. The quantitative estimate of drug-likeness (QED) is 0.911. The second-order valence-corrected chi connectivity index (χ2v) is 4.56. The minimum absolute atomic E-state index is 0.0185. The van der Waals surface area contributed by atoms with Gasteiger partial charge < -0.3 is 10.4 Å². The average molecular weight is 321 g/mol. The van der Waals surface area contributed by atoms with Crippen molar-refractivity contribution >= 4 is 33.5 Å². The molecule has 19 heavy (non-hydrogen) atoms. The van der Waals surface area contributed by atoms with Crippen molar-refractivity contribution in [3.05, 3.63) is 58.3 Å². The van der Waals surface area contributed by atoms with Crippen molar-refractivity contribution in [2.45, 2.75) is 0 Å². The number of nitrogens with zero attached hydrogens (tertiary/aromatic N) is 1. The molecule has 2 aromatic rings. The molecule has 0 fully saturated rings. The number of hydrogen-bond acceptors (Lipinski definition) is 3. The molecule has 1 aromatic carbocycles. The molecule has 1 aromatic heterocycles. The lowest BCUT2D eigenvalue weighted by molar-refractivity contribution is 0.0696. The fourth-order valence-electron chi connectivity index (χ4n) is 1.47. The van der Waals surface area contributed by atoms with Crippen LogP contribution in [0, 0.1) is 0 Å². The zero-order valence-electron chi connectivity index (χ0n) is 9.63. The van der Waals surface area contributed by atoms with E-state index in [2.05, 4.69) is 26.2 Å². The Morgan fingerprint density at radius 3 is 2.63 bits per heavy atom. The number of aromatic carboxylic acids is 1. The number of aromatic nitrogens is 1. The summed E-state index contributed by atoms with van der Waals surface area (Å²) >= 11 is 3.28. The number of carbonyl (C=O) groups excluding carboxylic acids is 1. The summed E-state index contributed by atoms with van der Waals surface area (Å²) in [7, 11) is 0. The van der Waals surface area contributed by atoms with Crippen LogP contribution in [0.25, 0.3) is 0 Å².